The molecule has 0 aliphatic heterocycles. The fourth-order valence-corrected chi connectivity index (χ4v) is 3.95. The molecule has 1 atom stereocenters. The molecular formula is C17H22ClN3OS. The molecule has 0 spiro atoms. The van der Waals surface area contributed by atoms with Crippen LogP contribution < -0.4 is 5.32 Å². The van der Waals surface area contributed by atoms with Crippen LogP contribution in [-0.4, -0.2) is 20.9 Å². The summed E-state index contributed by atoms with van der Waals surface area (Å²) in [6, 6.07) is 7.88. The lowest BCUT2D eigenvalue weighted by Gasteiger charge is -2.18. The lowest BCUT2D eigenvalue weighted by Crippen LogP contribution is -2.15. The van der Waals surface area contributed by atoms with E-state index in [1.54, 1.807) is 14.0 Å². The van der Waals surface area contributed by atoms with Crippen molar-refractivity contribution < 1.29 is 4.79 Å². The molecule has 0 bridgehead atoms. The highest BCUT2D eigenvalue weighted by molar-refractivity contribution is 8.00. The van der Waals surface area contributed by atoms with Crippen LogP contribution in [0.1, 0.15) is 47.6 Å². The van der Waals surface area contributed by atoms with Gasteiger partial charge in [0.05, 0.1) is 11.3 Å². The Hall–Kier alpha value is -1.46. The van der Waals surface area contributed by atoms with Crippen LogP contribution in [0.4, 0.5) is 5.69 Å². The smallest absolute Gasteiger partial charge is 0.260 e. The minimum atomic E-state index is -0.227. The summed E-state index contributed by atoms with van der Waals surface area (Å²) < 4.78 is 1.51. The molecule has 2 rings (SSSR count). The van der Waals surface area contributed by atoms with Crippen molar-refractivity contribution in [3.05, 3.63) is 46.2 Å². The topological polar surface area (TPSA) is 46.9 Å². The Labute approximate surface area is 146 Å². The first-order valence-corrected chi connectivity index (χ1v) is 8.88. The highest BCUT2D eigenvalue weighted by Crippen LogP contribution is 2.36. The number of nitrogens with one attached hydrogen (secondary N) is 1. The number of carbonyl (C=O) groups excluding carboxylic acids is 1. The van der Waals surface area contributed by atoms with E-state index in [9.17, 15) is 4.79 Å². The Morgan fingerprint density at radius 2 is 1.96 bits per heavy atom. The first-order valence-electron chi connectivity index (χ1n) is 7.56. The van der Waals surface area contributed by atoms with Crippen LogP contribution in [0.2, 0.25) is 5.15 Å². The van der Waals surface area contributed by atoms with Gasteiger partial charge in [0.1, 0.15) is 5.15 Å². The van der Waals surface area contributed by atoms with Gasteiger partial charge in [-0.1, -0.05) is 43.6 Å². The molecule has 1 N–H and O–H groups in total. The van der Waals surface area contributed by atoms with Gasteiger partial charge < -0.3 is 5.32 Å². The van der Waals surface area contributed by atoms with Crippen molar-refractivity contribution in [1.82, 2.24) is 9.78 Å². The van der Waals surface area contributed by atoms with Gasteiger partial charge in [0.2, 0.25) is 0 Å². The Bertz CT molecular complexity index is 712. The second-order valence-corrected chi connectivity index (χ2v) is 8.02. The molecule has 124 valence electrons. The number of thioether (sulfide) groups is 1. The van der Waals surface area contributed by atoms with Gasteiger partial charge in [-0.25, -0.2) is 0 Å². The molecule has 4 nitrogen and oxygen atoms in total. The van der Waals surface area contributed by atoms with Crippen molar-refractivity contribution in [2.45, 2.75) is 38.2 Å². The van der Waals surface area contributed by atoms with Crippen LogP contribution in [0.15, 0.2) is 24.3 Å². The van der Waals surface area contributed by atoms with E-state index in [1.165, 1.54) is 4.68 Å². The third-order valence-electron chi connectivity index (χ3n) is 3.50. The summed E-state index contributed by atoms with van der Waals surface area (Å²) in [7, 11) is 1.72. The second kappa shape index (κ2) is 7.41. The number of nitrogens with zero attached hydrogens (tertiary/aromatic N) is 2. The number of benzene rings is 1. The van der Waals surface area contributed by atoms with Gasteiger partial charge >= 0.3 is 0 Å². The molecular weight excluding hydrogens is 330 g/mol. The van der Waals surface area contributed by atoms with Gasteiger partial charge in [-0.3, -0.25) is 9.48 Å². The van der Waals surface area contributed by atoms with Crippen molar-refractivity contribution in [3.63, 3.8) is 0 Å². The van der Waals surface area contributed by atoms with E-state index in [1.807, 2.05) is 36.0 Å². The Kier molecular flexibility index (Phi) is 5.76. The maximum absolute atomic E-state index is 12.6. The normalized spacial score (nSPS) is 12.5. The summed E-state index contributed by atoms with van der Waals surface area (Å²) >= 11 is 8.04. The van der Waals surface area contributed by atoms with Crippen LogP contribution in [0.25, 0.3) is 0 Å². The summed E-state index contributed by atoms with van der Waals surface area (Å²) in [6.07, 6.45) is 0. The molecule has 0 aliphatic rings. The molecule has 1 amide bonds. The molecule has 6 heteroatoms. The second-order valence-electron chi connectivity index (χ2n) is 5.74. The van der Waals surface area contributed by atoms with Crippen molar-refractivity contribution >= 4 is 35.0 Å². The van der Waals surface area contributed by atoms with Gasteiger partial charge in [0.15, 0.2) is 0 Å². The molecule has 0 saturated carbocycles. The Morgan fingerprint density at radius 1 is 1.30 bits per heavy atom. The maximum atomic E-state index is 12.6. The number of amides is 1. The van der Waals surface area contributed by atoms with Gasteiger partial charge in [0.25, 0.3) is 5.91 Å². The highest BCUT2D eigenvalue weighted by Gasteiger charge is 2.21. The molecule has 0 fully saturated rings. The Morgan fingerprint density at radius 3 is 2.52 bits per heavy atom. The summed E-state index contributed by atoms with van der Waals surface area (Å²) in [5.74, 6) is -0.227. The lowest BCUT2D eigenvalue weighted by atomic mass is 10.1. The third kappa shape index (κ3) is 4.09. The van der Waals surface area contributed by atoms with E-state index in [2.05, 4.69) is 31.2 Å². The third-order valence-corrected chi connectivity index (χ3v) is 5.14. The van der Waals surface area contributed by atoms with E-state index in [0.29, 0.717) is 21.7 Å². The van der Waals surface area contributed by atoms with Crippen molar-refractivity contribution in [2.24, 2.45) is 7.05 Å². The molecule has 0 aliphatic carbocycles. The van der Waals surface area contributed by atoms with Crippen LogP contribution in [0.3, 0.4) is 0 Å². The fraction of sp³-hybridized carbons (Fsp3) is 0.412. The first kappa shape index (κ1) is 17.9. The van der Waals surface area contributed by atoms with Gasteiger partial charge in [-0.05, 0) is 30.7 Å². The summed E-state index contributed by atoms with van der Waals surface area (Å²) in [5, 5.41) is 8.33. The first-order chi connectivity index (χ1) is 10.8. The molecule has 0 saturated heterocycles. The van der Waals surface area contributed by atoms with Crippen molar-refractivity contribution in [2.75, 3.05) is 5.32 Å². The van der Waals surface area contributed by atoms with Crippen molar-refractivity contribution in [1.29, 1.82) is 0 Å². The van der Waals surface area contributed by atoms with Gasteiger partial charge in [0, 0.05) is 18.0 Å². The molecule has 2 aromatic rings. The average molecular weight is 352 g/mol. The monoisotopic (exact) mass is 351 g/mol. The van der Waals surface area contributed by atoms with Gasteiger partial charge in [-0.15, -0.1) is 0 Å². The summed E-state index contributed by atoms with van der Waals surface area (Å²) in [6.45, 7) is 8.27. The molecule has 23 heavy (non-hydrogen) atoms. The van der Waals surface area contributed by atoms with E-state index in [4.69, 9.17) is 11.6 Å². The number of rotatable bonds is 5. The van der Waals surface area contributed by atoms with Crippen LogP contribution in [0, 0.1) is 6.92 Å². The molecule has 0 radical (unpaired) electrons. The minimum absolute atomic E-state index is 0.227. The molecule has 1 aromatic carbocycles. The average Bonchev–Trinajstić information content (AvgIpc) is 2.71. The molecule has 1 heterocycles. The highest BCUT2D eigenvalue weighted by atomic mass is 35.5. The van der Waals surface area contributed by atoms with Crippen LogP contribution >= 0.6 is 23.4 Å². The number of aryl methyl sites for hydroxylation is 2. The van der Waals surface area contributed by atoms with E-state index in [-0.39, 0.29) is 11.2 Å². The minimum Gasteiger partial charge on any atom is -0.322 e. The van der Waals surface area contributed by atoms with Crippen LogP contribution in [0.5, 0.6) is 0 Å². The predicted octanol–water partition coefficient (Wildman–Crippen LogP) is 4.84. The molecule has 1 unspecified atom stereocenters. The number of halogens is 1. The SMILES string of the molecule is Cc1nn(C)c(Cl)c1C(=O)Nc1ccccc1C(C)SC(C)C. The number of hydrogen-bond donors (Lipinski definition) is 1. The Balaban J connectivity index is 2.28. The summed E-state index contributed by atoms with van der Waals surface area (Å²) in [5.41, 5.74) is 2.97. The van der Waals surface area contributed by atoms with Gasteiger partial charge in [-0.2, -0.15) is 16.9 Å². The lowest BCUT2D eigenvalue weighted by molar-refractivity contribution is 0.102. The van der Waals surface area contributed by atoms with E-state index in [0.717, 1.165) is 11.3 Å². The quantitative estimate of drug-likeness (QED) is 0.838. The van der Waals surface area contributed by atoms with Crippen molar-refractivity contribution in [3.8, 4) is 0 Å². The zero-order valence-corrected chi connectivity index (χ0v) is 15.6. The number of aromatic nitrogens is 2. The number of carbonyl (C=O) groups is 1. The number of anilines is 1. The number of para-hydroxylation sites is 1. The molecule has 1 aromatic heterocycles. The van der Waals surface area contributed by atoms with E-state index >= 15 is 0 Å². The largest absolute Gasteiger partial charge is 0.322 e. The zero-order valence-electron chi connectivity index (χ0n) is 14.1. The standard InChI is InChI=1S/C17H22ClN3OS/c1-10(2)23-12(4)13-8-6-7-9-14(13)19-17(22)15-11(3)20-21(5)16(15)18/h6-10,12H,1-5H3,(H,19,22). The number of hydrogen-bond acceptors (Lipinski definition) is 3. The fourth-order valence-electron chi connectivity index (χ4n) is 2.52. The maximum Gasteiger partial charge on any atom is 0.260 e. The summed E-state index contributed by atoms with van der Waals surface area (Å²) in [4.78, 5) is 12.6. The van der Waals surface area contributed by atoms with E-state index < -0.39 is 0 Å². The van der Waals surface area contributed by atoms with Crippen LogP contribution in [-0.2, 0) is 7.05 Å². The zero-order chi connectivity index (χ0) is 17.1. The predicted molar refractivity (Wildman–Crippen MR) is 98.5 cm³/mol.